The first-order valence-electron chi connectivity index (χ1n) is 7.16. The number of fused-ring (bicyclic) bond motifs is 1. The van der Waals surface area contributed by atoms with E-state index in [2.05, 4.69) is 0 Å². The molecule has 1 aliphatic rings. The van der Waals surface area contributed by atoms with Crippen LogP contribution in [0.3, 0.4) is 0 Å². The van der Waals surface area contributed by atoms with Gasteiger partial charge in [0.15, 0.2) is 0 Å². The van der Waals surface area contributed by atoms with Gasteiger partial charge in [-0.1, -0.05) is 18.2 Å². The molecule has 2 heterocycles. The van der Waals surface area contributed by atoms with E-state index in [1.165, 1.54) is 0 Å². The van der Waals surface area contributed by atoms with Crippen LogP contribution < -0.4 is 0 Å². The first-order valence-corrected chi connectivity index (χ1v) is 7.16. The van der Waals surface area contributed by atoms with Crippen LogP contribution in [-0.4, -0.2) is 35.6 Å². The van der Waals surface area contributed by atoms with Crippen LogP contribution in [0.5, 0.6) is 0 Å². The average Bonchev–Trinajstić information content (AvgIpc) is 2.91. The molecule has 20 heavy (non-hydrogen) atoms. The van der Waals surface area contributed by atoms with Crippen molar-refractivity contribution in [1.82, 2.24) is 4.90 Å². The minimum absolute atomic E-state index is 0.0394. The molecule has 4 heteroatoms. The van der Waals surface area contributed by atoms with Gasteiger partial charge in [-0.3, -0.25) is 4.79 Å². The number of likely N-dealkylation sites (tertiary alicyclic amines) is 1. The number of piperidine rings is 1. The number of hydrogen-bond donors (Lipinski definition) is 1. The summed E-state index contributed by atoms with van der Waals surface area (Å²) in [6.45, 7) is 1.72. The number of carbonyl (C=O) groups is 1. The molecule has 106 valence electrons. The van der Waals surface area contributed by atoms with Gasteiger partial charge in [-0.25, -0.2) is 0 Å². The molecule has 1 aromatic heterocycles. The average molecular weight is 273 g/mol. The van der Waals surface area contributed by atoms with Gasteiger partial charge in [-0.2, -0.15) is 0 Å². The molecule has 1 unspecified atom stereocenters. The molecule has 4 nitrogen and oxygen atoms in total. The Balaban J connectivity index is 1.81. The Kier molecular flexibility index (Phi) is 3.74. The summed E-state index contributed by atoms with van der Waals surface area (Å²) < 4.78 is 5.45. The summed E-state index contributed by atoms with van der Waals surface area (Å²) in [5.41, 5.74) is 1.39. The third kappa shape index (κ3) is 2.43. The summed E-state index contributed by atoms with van der Waals surface area (Å²) in [7, 11) is 0. The highest BCUT2D eigenvalue weighted by atomic mass is 16.3. The molecule has 1 atom stereocenters. The topological polar surface area (TPSA) is 53.7 Å². The Morgan fingerprint density at radius 1 is 1.40 bits per heavy atom. The summed E-state index contributed by atoms with van der Waals surface area (Å²) in [6, 6.07) is 7.61. The lowest BCUT2D eigenvalue weighted by Crippen LogP contribution is -2.40. The molecule has 1 aliphatic heterocycles. The maximum absolute atomic E-state index is 12.6. The molecule has 1 N–H and O–H groups in total. The second kappa shape index (κ2) is 5.67. The molecule has 2 aromatic rings. The monoisotopic (exact) mass is 273 g/mol. The third-order valence-electron chi connectivity index (χ3n) is 4.05. The Hall–Kier alpha value is -1.81. The van der Waals surface area contributed by atoms with E-state index in [9.17, 15) is 4.79 Å². The van der Waals surface area contributed by atoms with Gasteiger partial charge in [-0.15, -0.1) is 0 Å². The van der Waals surface area contributed by atoms with Crippen molar-refractivity contribution in [1.29, 1.82) is 0 Å². The van der Waals surface area contributed by atoms with Crippen molar-refractivity contribution >= 4 is 16.9 Å². The van der Waals surface area contributed by atoms with E-state index >= 15 is 0 Å². The molecule has 0 spiro atoms. The fourth-order valence-corrected chi connectivity index (χ4v) is 2.98. The Morgan fingerprint density at radius 2 is 2.25 bits per heavy atom. The van der Waals surface area contributed by atoms with Crippen LogP contribution in [0.1, 0.15) is 29.6 Å². The van der Waals surface area contributed by atoms with Gasteiger partial charge >= 0.3 is 0 Å². The number of amides is 1. The zero-order chi connectivity index (χ0) is 13.9. The van der Waals surface area contributed by atoms with E-state index in [0.717, 1.165) is 43.3 Å². The summed E-state index contributed by atoms with van der Waals surface area (Å²) in [5, 5.41) is 9.93. The normalized spacial score (nSPS) is 19.4. The quantitative estimate of drug-likeness (QED) is 0.935. The second-order valence-corrected chi connectivity index (χ2v) is 5.42. The molecule has 0 aliphatic carbocycles. The standard InChI is InChI=1S/C16H19NO3/c18-9-7-12-4-3-8-17(10-12)16(19)14-11-20-15-6-2-1-5-13(14)15/h1-2,5-6,11-12,18H,3-4,7-10H2. The van der Waals surface area contributed by atoms with E-state index in [4.69, 9.17) is 9.52 Å². The Morgan fingerprint density at radius 3 is 3.10 bits per heavy atom. The summed E-state index contributed by atoms with van der Waals surface area (Å²) in [6.07, 6.45) is 4.43. The lowest BCUT2D eigenvalue weighted by molar-refractivity contribution is 0.0654. The lowest BCUT2D eigenvalue weighted by Gasteiger charge is -2.32. The first kappa shape index (κ1) is 13.2. The Bertz CT molecular complexity index is 603. The van der Waals surface area contributed by atoms with Crippen molar-refractivity contribution in [3.05, 3.63) is 36.1 Å². The largest absolute Gasteiger partial charge is 0.463 e. The zero-order valence-electron chi connectivity index (χ0n) is 11.4. The van der Waals surface area contributed by atoms with Gasteiger partial charge in [0.2, 0.25) is 0 Å². The number of carbonyl (C=O) groups excluding carboxylic acids is 1. The number of hydrogen-bond acceptors (Lipinski definition) is 3. The highest BCUT2D eigenvalue weighted by Gasteiger charge is 2.26. The maximum atomic E-state index is 12.6. The van der Waals surface area contributed by atoms with E-state index < -0.39 is 0 Å². The molecular formula is C16H19NO3. The van der Waals surface area contributed by atoms with Crippen molar-refractivity contribution in [2.45, 2.75) is 19.3 Å². The van der Waals surface area contributed by atoms with Crippen LogP contribution in [0.25, 0.3) is 11.0 Å². The van der Waals surface area contributed by atoms with Gasteiger partial charge in [0, 0.05) is 25.1 Å². The summed E-state index contributed by atoms with van der Waals surface area (Å²) in [4.78, 5) is 14.5. The number of rotatable bonds is 3. The highest BCUT2D eigenvalue weighted by Crippen LogP contribution is 2.25. The van der Waals surface area contributed by atoms with Gasteiger partial charge in [0.05, 0.1) is 5.56 Å². The van der Waals surface area contributed by atoms with Crippen LogP contribution >= 0.6 is 0 Å². The summed E-state index contributed by atoms with van der Waals surface area (Å²) in [5.74, 6) is 0.452. The van der Waals surface area contributed by atoms with Crippen molar-refractivity contribution in [2.24, 2.45) is 5.92 Å². The molecule has 1 fully saturated rings. The van der Waals surface area contributed by atoms with Gasteiger partial charge < -0.3 is 14.4 Å². The van der Waals surface area contributed by atoms with Gasteiger partial charge in [0.1, 0.15) is 11.8 Å². The zero-order valence-corrected chi connectivity index (χ0v) is 11.4. The Labute approximate surface area is 118 Å². The number of aliphatic hydroxyl groups excluding tert-OH is 1. The van der Waals surface area contributed by atoms with E-state index in [-0.39, 0.29) is 12.5 Å². The SMILES string of the molecule is O=C(c1coc2ccccc12)N1CCCC(CCO)C1. The molecule has 0 radical (unpaired) electrons. The lowest BCUT2D eigenvalue weighted by atomic mass is 9.94. The predicted molar refractivity (Wildman–Crippen MR) is 76.5 cm³/mol. The number of aliphatic hydroxyl groups is 1. The molecular weight excluding hydrogens is 254 g/mol. The predicted octanol–water partition coefficient (Wildman–Crippen LogP) is 2.67. The van der Waals surface area contributed by atoms with Crippen LogP contribution in [0.2, 0.25) is 0 Å². The first-order chi connectivity index (χ1) is 9.79. The van der Waals surface area contributed by atoms with Gasteiger partial charge in [-0.05, 0) is 31.2 Å². The maximum Gasteiger partial charge on any atom is 0.257 e. The third-order valence-corrected chi connectivity index (χ3v) is 4.05. The van der Waals surface area contributed by atoms with E-state index in [1.807, 2.05) is 29.2 Å². The number of furan rings is 1. The second-order valence-electron chi connectivity index (χ2n) is 5.42. The number of nitrogens with zero attached hydrogens (tertiary/aromatic N) is 1. The molecule has 3 rings (SSSR count). The number of benzene rings is 1. The van der Waals surface area contributed by atoms with Crippen molar-refractivity contribution in [2.75, 3.05) is 19.7 Å². The van der Waals surface area contributed by atoms with Crippen LogP contribution in [0.4, 0.5) is 0 Å². The smallest absolute Gasteiger partial charge is 0.257 e. The van der Waals surface area contributed by atoms with E-state index in [1.54, 1.807) is 6.26 Å². The minimum Gasteiger partial charge on any atom is -0.463 e. The van der Waals surface area contributed by atoms with Gasteiger partial charge in [0.25, 0.3) is 5.91 Å². The van der Waals surface area contributed by atoms with Crippen LogP contribution in [0, 0.1) is 5.92 Å². The molecule has 1 saturated heterocycles. The summed E-state index contributed by atoms with van der Waals surface area (Å²) >= 11 is 0. The van der Waals surface area contributed by atoms with Crippen LogP contribution in [0.15, 0.2) is 34.9 Å². The molecule has 1 amide bonds. The fourth-order valence-electron chi connectivity index (χ4n) is 2.98. The van der Waals surface area contributed by atoms with Crippen molar-refractivity contribution in [3.8, 4) is 0 Å². The fraction of sp³-hybridized carbons (Fsp3) is 0.438. The highest BCUT2D eigenvalue weighted by molar-refractivity contribution is 6.05. The number of para-hydroxylation sites is 1. The molecule has 1 aromatic carbocycles. The van der Waals surface area contributed by atoms with Crippen molar-refractivity contribution in [3.63, 3.8) is 0 Å². The molecule has 0 bridgehead atoms. The minimum atomic E-state index is 0.0394. The molecule has 0 saturated carbocycles. The van der Waals surface area contributed by atoms with Crippen molar-refractivity contribution < 1.29 is 14.3 Å². The van der Waals surface area contributed by atoms with E-state index in [0.29, 0.717) is 11.5 Å². The van der Waals surface area contributed by atoms with Crippen LogP contribution in [-0.2, 0) is 0 Å².